The Bertz CT molecular complexity index is 268. The number of hydrogen-bond donors (Lipinski definition) is 1. The van der Waals surface area contributed by atoms with Gasteiger partial charge in [0.1, 0.15) is 0 Å². The van der Waals surface area contributed by atoms with Crippen LogP contribution in [0.1, 0.15) is 13.8 Å². The zero-order valence-corrected chi connectivity index (χ0v) is 8.63. The molecular weight excluding hydrogens is 220 g/mol. The predicted molar refractivity (Wildman–Crippen MR) is 51.1 cm³/mol. The van der Waals surface area contributed by atoms with Crippen molar-refractivity contribution in [1.29, 1.82) is 0 Å². The summed E-state index contributed by atoms with van der Waals surface area (Å²) in [7, 11) is 0. The van der Waals surface area contributed by atoms with Crippen LogP contribution in [0.3, 0.4) is 0 Å². The van der Waals surface area contributed by atoms with E-state index in [9.17, 15) is 4.79 Å². The molecule has 0 fully saturated rings. The summed E-state index contributed by atoms with van der Waals surface area (Å²) in [4.78, 5) is 10.9. The lowest BCUT2D eigenvalue weighted by Gasteiger charge is -2.28. The van der Waals surface area contributed by atoms with Crippen LogP contribution in [-0.2, 0) is 4.79 Å². The fraction of sp³-hybridized carbons (Fsp3) is 0.444. The molecule has 0 saturated heterocycles. The number of allylic oxidation sites excluding steroid dienone is 3. The van der Waals surface area contributed by atoms with Gasteiger partial charge in [-0.1, -0.05) is 41.1 Å². The molecule has 0 saturated carbocycles. The van der Waals surface area contributed by atoms with E-state index in [2.05, 4.69) is 15.9 Å². The molecular formula is C9H11BrO2. The van der Waals surface area contributed by atoms with Crippen LogP contribution in [0.2, 0.25) is 0 Å². The van der Waals surface area contributed by atoms with Gasteiger partial charge in [0.05, 0.1) is 5.41 Å². The molecule has 0 aromatic heterocycles. The Morgan fingerprint density at radius 1 is 1.75 bits per heavy atom. The van der Waals surface area contributed by atoms with Crippen molar-refractivity contribution in [2.75, 3.05) is 0 Å². The van der Waals surface area contributed by atoms with Crippen molar-refractivity contribution >= 4 is 21.9 Å². The summed E-state index contributed by atoms with van der Waals surface area (Å²) in [5.41, 5.74) is -0.770. The standard InChI is InChI=1S/C9H11BrO2/c1-6-3-4-7(10)5-9(6,2)8(11)12/h3-6H,1-2H3,(H,11,12). The lowest BCUT2D eigenvalue weighted by molar-refractivity contribution is -0.146. The van der Waals surface area contributed by atoms with Gasteiger partial charge in [0, 0.05) is 4.48 Å². The molecule has 0 aromatic rings. The van der Waals surface area contributed by atoms with E-state index >= 15 is 0 Å². The summed E-state index contributed by atoms with van der Waals surface area (Å²) in [6.07, 6.45) is 5.52. The summed E-state index contributed by atoms with van der Waals surface area (Å²) >= 11 is 3.27. The van der Waals surface area contributed by atoms with Crippen molar-refractivity contribution in [3.05, 3.63) is 22.7 Å². The molecule has 0 bridgehead atoms. The van der Waals surface area contributed by atoms with E-state index in [1.807, 2.05) is 19.1 Å². The van der Waals surface area contributed by atoms with Crippen LogP contribution < -0.4 is 0 Å². The Morgan fingerprint density at radius 3 is 2.75 bits per heavy atom. The van der Waals surface area contributed by atoms with Crippen LogP contribution >= 0.6 is 15.9 Å². The molecule has 0 spiro atoms. The van der Waals surface area contributed by atoms with Crippen LogP contribution in [-0.4, -0.2) is 11.1 Å². The highest BCUT2D eigenvalue weighted by Crippen LogP contribution is 2.36. The molecule has 12 heavy (non-hydrogen) atoms. The van der Waals surface area contributed by atoms with E-state index in [0.29, 0.717) is 0 Å². The molecule has 0 amide bonds. The number of aliphatic carboxylic acids is 1. The lowest BCUT2D eigenvalue weighted by atomic mass is 9.75. The highest BCUT2D eigenvalue weighted by Gasteiger charge is 2.37. The van der Waals surface area contributed by atoms with Gasteiger partial charge in [-0.05, 0) is 12.8 Å². The maximum Gasteiger partial charge on any atom is 0.313 e. The number of hydrogen-bond acceptors (Lipinski definition) is 1. The highest BCUT2D eigenvalue weighted by molar-refractivity contribution is 9.11. The Morgan fingerprint density at radius 2 is 2.33 bits per heavy atom. The average Bonchev–Trinajstić information content (AvgIpc) is 1.97. The van der Waals surface area contributed by atoms with Gasteiger partial charge < -0.3 is 5.11 Å². The second-order valence-corrected chi connectivity index (χ2v) is 4.18. The third kappa shape index (κ3) is 1.46. The number of carboxylic acids is 1. The molecule has 3 heteroatoms. The summed E-state index contributed by atoms with van der Waals surface area (Å²) in [6, 6.07) is 0. The fourth-order valence-corrected chi connectivity index (χ4v) is 1.79. The quantitative estimate of drug-likeness (QED) is 0.752. The molecule has 0 aromatic carbocycles. The van der Waals surface area contributed by atoms with Gasteiger partial charge >= 0.3 is 5.97 Å². The Hall–Kier alpha value is -0.570. The van der Waals surface area contributed by atoms with Crippen LogP contribution in [0.5, 0.6) is 0 Å². The zero-order valence-electron chi connectivity index (χ0n) is 7.04. The van der Waals surface area contributed by atoms with Crippen LogP contribution in [0.15, 0.2) is 22.7 Å². The van der Waals surface area contributed by atoms with Gasteiger partial charge in [-0.15, -0.1) is 0 Å². The van der Waals surface area contributed by atoms with E-state index in [0.717, 1.165) is 4.48 Å². The monoisotopic (exact) mass is 230 g/mol. The van der Waals surface area contributed by atoms with Crippen LogP contribution in [0, 0.1) is 11.3 Å². The zero-order chi connectivity index (χ0) is 9.35. The minimum atomic E-state index is -0.781. The molecule has 2 nitrogen and oxygen atoms in total. The molecule has 1 aliphatic rings. The van der Waals surface area contributed by atoms with Gasteiger partial charge in [0.15, 0.2) is 0 Å². The topological polar surface area (TPSA) is 37.3 Å². The summed E-state index contributed by atoms with van der Waals surface area (Å²) in [5, 5.41) is 8.99. The molecule has 1 N–H and O–H groups in total. The van der Waals surface area contributed by atoms with Gasteiger partial charge in [0.25, 0.3) is 0 Å². The molecule has 2 unspecified atom stereocenters. The van der Waals surface area contributed by atoms with Gasteiger partial charge in [-0.3, -0.25) is 4.79 Å². The normalized spacial score (nSPS) is 34.6. The second-order valence-electron chi connectivity index (χ2n) is 3.26. The average molecular weight is 231 g/mol. The van der Waals surface area contributed by atoms with Crippen molar-refractivity contribution < 1.29 is 9.90 Å². The maximum absolute atomic E-state index is 10.9. The number of halogens is 1. The van der Waals surface area contributed by atoms with E-state index < -0.39 is 11.4 Å². The minimum absolute atomic E-state index is 0.0382. The van der Waals surface area contributed by atoms with Crippen molar-refractivity contribution in [2.24, 2.45) is 11.3 Å². The third-order valence-electron chi connectivity index (χ3n) is 2.39. The van der Waals surface area contributed by atoms with Crippen molar-refractivity contribution in [3.8, 4) is 0 Å². The largest absolute Gasteiger partial charge is 0.481 e. The third-order valence-corrected chi connectivity index (χ3v) is 2.88. The first-order valence-corrected chi connectivity index (χ1v) is 4.56. The Balaban J connectivity index is 3.05. The van der Waals surface area contributed by atoms with Crippen molar-refractivity contribution in [1.82, 2.24) is 0 Å². The summed E-state index contributed by atoms with van der Waals surface area (Å²) in [5.74, 6) is -0.743. The fourth-order valence-electron chi connectivity index (χ4n) is 1.16. The Kier molecular flexibility index (Phi) is 2.42. The first-order chi connectivity index (χ1) is 5.47. The minimum Gasteiger partial charge on any atom is -0.481 e. The smallest absolute Gasteiger partial charge is 0.313 e. The predicted octanol–water partition coefficient (Wildman–Crippen LogP) is 2.56. The first kappa shape index (κ1) is 9.52. The van der Waals surface area contributed by atoms with Gasteiger partial charge in [-0.2, -0.15) is 0 Å². The molecule has 0 radical (unpaired) electrons. The number of carbonyl (C=O) groups is 1. The van der Waals surface area contributed by atoms with E-state index in [4.69, 9.17) is 5.11 Å². The molecule has 2 atom stereocenters. The molecule has 66 valence electrons. The lowest BCUT2D eigenvalue weighted by Crippen LogP contribution is -2.32. The maximum atomic E-state index is 10.9. The molecule has 1 aliphatic carbocycles. The van der Waals surface area contributed by atoms with Crippen LogP contribution in [0.25, 0.3) is 0 Å². The highest BCUT2D eigenvalue weighted by atomic mass is 79.9. The van der Waals surface area contributed by atoms with E-state index in [1.54, 1.807) is 13.0 Å². The van der Waals surface area contributed by atoms with Crippen LogP contribution in [0.4, 0.5) is 0 Å². The van der Waals surface area contributed by atoms with Gasteiger partial charge in [0.2, 0.25) is 0 Å². The summed E-state index contributed by atoms with van der Waals surface area (Å²) < 4.78 is 0.838. The summed E-state index contributed by atoms with van der Waals surface area (Å²) in [6.45, 7) is 3.63. The first-order valence-electron chi connectivity index (χ1n) is 3.77. The van der Waals surface area contributed by atoms with Gasteiger partial charge in [-0.25, -0.2) is 0 Å². The number of carboxylic acid groups (broad SMARTS) is 1. The molecule has 0 aliphatic heterocycles. The van der Waals surface area contributed by atoms with E-state index in [1.165, 1.54) is 0 Å². The number of rotatable bonds is 1. The van der Waals surface area contributed by atoms with E-state index in [-0.39, 0.29) is 5.92 Å². The molecule has 0 heterocycles. The SMILES string of the molecule is CC1C=CC(Br)=CC1(C)C(=O)O. The molecule has 1 rings (SSSR count). The van der Waals surface area contributed by atoms with Crippen molar-refractivity contribution in [3.63, 3.8) is 0 Å². The Labute approximate surface area is 80.1 Å². The second kappa shape index (κ2) is 3.05. The van der Waals surface area contributed by atoms with Crippen molar-refractivity contribution in [2.45, 2.75) is 13.8 Å².